The number of anilines is 1. The van der Waals surface area contributed by atoms with Crippen molar-refractivity contribution in [3.05, 3.63) is 24.0 Å². The molecule has 3 N–H and O–H groups in total. The fraction of sp³-hybridized carbons (Fsp3) is 0.364. The molecule has 0 bridgehead atoms. The van der Waals surface area contributed by atoms with Gasteiger partial charge < -0.3 is 16.0 Å². The van der Waals surface area contributed by atoms with E-state index >= 15 is 0 Å². The standard InChI is InChI=1S/C11H14N6O/c12-10(18)8-1-2-9(16-5-3-13-4-6-16)17-11(8)14-7-15-17/h1-2,7,13H,3-6H2,(H2,12,18). The van der Waals surface area contributed by atoms with E-state index < -0.39 is 5.91 Å². The first-order chi connectivity index (χ1) is 8.77. The molecule has 0 spiro atoms. The molecule has 2 aromatic rings. The lowest BCUT2D eigenvalue weighted by Crippen LogP contribution is -2.44. The topological polar surface area (TPSA) is 88.6 Å². The summed E-state index contributed by atoms with van der Waals surface area (Å²) in [6.45, 7) is 3.69. The third kappa shape index (κ3) is 1.68. The fourth-order valence-electron chi connectivity index (χ4n) is 2.22. The Kier molecular flexibility index (Phi) is 2.60. The Hall–Kier alpha value is -2.15. The number of rotatable bonds is 2. The molecule has 3 rings (SSSR count). The van der Waals surface area contributed by atoms with Gasteiger partial charge in [-0.25, -0.2) is 4.98 Å². The summed E-state index contributed by atoms with van der Waals surface area (Å²) in [6, 6.07) is 3.58. The summed E-state index contributed by atoms with van der Waals surface area (Å²) in [6.07, 6.45) is 1.44. The molecule has 1 fully saturated rings. The maximum atomic E-state index is 11.3. The largest absolute Gasteiger partial charge is 0.365 e. The third-order valence-corrected chi connectivity index (χ3v) is 3.11. The van der Waals surface area contributed by atoms with Crippen molar-refractivity contribution in [3.63, 3.8) is 0 Å². The summed E-state index contributed by atoms with van der Waals surface area (Å²) in [5, 5.41) is 7.47. The predicted molar refractivity (Wildman–Crippen MR) is 66.6 cm³/mol. The number of carbonyl (C=O) groups excluding carboxylic acids is 1. The van der Waals surface area contributed by atoms with Crippen molar-refractivity contribution in [2.45, 2.75) is 0 Å². The van der Waals surface area contributed by atoms with Crippen molar-refractivity contribution in [2.75, 3.05) is 31.1 Å². The number of pyridine rings is 1. The van der Waals surface area contributed by atoms with Gasteiger partial charge in [0.05, 0.1) is 5.56 Å². The molecule has 0 radical (unpaired) electrons. The molecule has 94 valence electrons. The minimum absolute atomic E-state index is 0.395. The van der Waals surface area contributed by atoms with Gasteiger partial charge >= 0.3 is 0 Å². The minimum atomic E-state index is -0.486. The highest BCUT2D eigenvalue weighted by molar-refractivity contribution is 5.98. The van der Waals surface area contributed by atoms with Gasteiger partial charge in [0, 0.05) is 26.2 Å². The highest BCUT2D eigenvalue weighted by Gasteiger charge is 2.17. The van der Waals surface area contributed by atoms with Gasteiger partial charge in [-0.05, 0) is 12.1 Å². The molecule has 7 nitrogen and oxygen atoms in total. The van der Waals surface area contributed by atoms with Crippen LogP contribution < -0.4 is 16.0 Å². The number of nitrogens with one attached hydrogen (secondary N) is 1. The molecule has 2 aromatic heterocycles. The number of carbonyl (C=O) groups is 1. The highest BCUT2D eigenvalue weighted by Crippen LogP contribution is 2.18. The lowest BCUT2D eigenvalue weighted by Gasteiger charge is -2.29. The highest BCUT2D eigenvalue weighted by atomic mass is 16.1. The maximum absolute atomic E-state index is 11.3. The van der Waals surface area contributed by atoms with E-state index in [4.69, 9.17) is 5.73 Å². The van der Waals surface area contributed by atoms with Gasteiger partial charge in [-0.15, -0.1) is 0 Å². The van der Waals surface area contributed by atoms with Crippen LogP contribution in [0.5, 0.6) is 0 Å². The third-order valence-electron chi connectivity index (χ3n) is 3.11. The second-order valence-corrected chi connectivity index (χ2v) is 4.20. The van der Waals surface area contributed by atoms with Crippen molar-refractivity contribution in [2.24, 2.45) is 5.73 Å². The Balaban J connectivity index is 2.10. The van der Waals surface area contributed by atoms with Crippen LogP contribution in [0, 0.1) is 0 Å². The number of nitrogens with two attached hydrogens (primary N) is 1. The SMILES string of the molecule is NC(=O)c1ccc(N2CCNCC2)n2ncnc12. The van der Waals surface area contributed by atoms with Crippen molar-refractivity contribution in [3.8, 4) is 0 Å². The molecule has 0 atom stereocenters. The number of aromatic nitrogens is 3. The molecular weight excluding hydrogens is 232 g/mol. The van der Waals surface area contributed by atoms with Gasteiger partial charge in [-0.1, -0.05) is 0 Å². The molecule has 1 saturated heterocycles. The average Bonchev–Trinajstić information content (AvgIpc) is 2.87. The molecule has 0 aliphatic carbocycles. The van der Waals surface area contributed by atoms with Crippen LogP contribution in [0.25, 0.3) is 5.65 Å². The lowest BCUT2D eigenvalue weighted by molar-refractivity contribution is 0.100. The Bertz CT molecular complexity index is 586. The van der Waals surface area contributed by atoms with Crippen LogP contribution in [-0.4, -0.2) is 46.7 Å². The normalized spacial score (nSPS) is 16.1. The van der Waals surface area contributed by atoms with Crippen LogP contribution in [0.1, 0.15) is 10.4 Å². The molecule has 1 aliphatic rings. The van der Waals surface area contributed by atoms with Gasteiger partial charge in [0.2, 0.25) is 0 Å². The van der Waals surface area contributed by atoms with E-state index in [0.29, 0.717) is 11.2 Å². The Labute approximate surface area is 104 Å². The molecule has 7 heteroatoms. The number of nitrogens with zero attached hydrogens (tertiary/aromatic N) is 4. The van der Waals surface area contributed by atoms with E-state index in [1.54, 1.807) is 10.6 Å². The Morgan fingerprint density at radius 2 is 2.11 bits per heavy atom. The first-order valence-corrected chi connectivity index (χ1v) is 5.85. The molecule has 3 heterocycles. The average molecular weight is 246 g/mol. The quantitative estimate of drug-likeness (QED) is 0.727. The smallest absolute Gasteiger partial charge is 0.252 e. The van der Waals surface area contributed by atoms with E-state index in [0.717, 1.165) is 32.0 Å². The van der Waals surface area contributed by atoms with E-state index in [2.05, 4.69) is 20.3 Å². The van der Waals surface area contributed by atoms with Gasteiger partial charge in [0.25, 0.3) is 5.91 Å². The molecule has 0 unspecified atom stereocenters. The summed E-state index contributed by atoms with van der Waals surface area (Å²) >= 11 is 0. The second-order valence-electron chi connectivity index (χ2n) is 4.20. The van der Waals surface area contributed by atoms with E-state index in [-0.39, 0.29) is 0 Å². The zero-order valence-electron chi connectivity index (χ0n) is 9.83. The van der Waals surface area contributed by atoms with E-state index in [1.165, 1.54) is 6.33 Å². The first-order valence-electron chi connectivity index (χ1n) is 5.85. The molecule has 18 heavy (non-hydrogen) atoms. The van der Waals surface area contributed by atoms with Gasteiger partial charge in [0.15, 0.2) is 5.65 Å². The maximum Gasteiger partial charge on any atom is 0.252 e. The van der Waals surface area contributed by atoms with Crippen LogP contribution in [0.2, 0.25) is 0 Å². The first kappa shape index (κ1) is 11.0. The van der Waals surface area contributed by atoms with Crippen molar-refractivity contribution >= 4 is 17.4 Å². The summed E-state index contributed by atoms with van der Waals surface area (Å²) in [5.74, 6) is 0.453. The number of fused-ring (bicyclic) bond motifs is 1. The zero-order chi connectivity index (χ0) is 12.5. The van der Waals surface area contributed by atoms with Crippen LogP contribution in [0.3, 0.4) is 0 Å². The number of hydrogen-bond donors (Lipinski definition) is 2. The Morgan fingerprint density at radius 1 is 1.33 bits per heavy atom. The molecule has 1 amide bonds. The van der Waals surface area contributed by atoms with Crippen molar-refractivity contribution < 1.29 is 4.79 Å². The van der Waals surface area contributed by atoms with Crippen LogP contribution in [0.15, 0.2) is 18.5 Å². The van der Waals surface area contributed by atoms with Crippen LogP contribution >= 0.6 is 0 Å². The summed E-state index contributed by atoms with van der Waals surface area (Å²) < 4.78 is 1.67. The van der Waals surface area contributed by atoms with Gasteiger partial charge in [-0.2, -0.15) is 9.61 Å². The molecule has 0 saturated carbocycles. The predicted octanol–water partition coefficient (Wildman–Crippen LogP) is -0.762. The summed E-state index contributed by atoms with van der Waals surface area (Å²) in [5.41, 5.74) is 6.23. The molecular formula is C11H14N6O. The van der Waals surface area contributed by atoms with Gasteiger partial charge in [-0.3, -0.25) is 4.79 Å². The Morgan fingerprint density at radius 3 is 2.83 bits per heavy atom. The van der Waals surface area contributed by atoms with E-state index in [1.807, 2.05) is 6.07 Å². The molecule has 1 aliphatic heterocycles. The number of primary amides is 1. The number of hydrogen-bond acceptors (Lipinski definition) is 5. The zero-order valence-corrected chi connectivity index (χ0v) is 9.83. The lowest BCUT2D eigenvalue weighted by atomic mass is 10.2. The van der Waals surface area contributed by atoms with Gasteiger partial charge in [0.1, 0.15) is 12.1 Å². The monoisotopic (exact) mass is 246 g/mol. The summed E-state index contributed by atoms with van der Waals surface area (Å²) in [7, 11) is 0. The van der Waals surface area contributed by atoms with Crippen molar-refractivity contribution in [1.29, 1.82) is 0 Å². The number of amides is 1. The minimum Gasteiger partial charge on any atom is -0.365 e. The van der Waals surface area contributed by atoms with Crippen LogP contribution in [-0.2, 0) is 0 Å². The second kappa shape index (κ2) is 4.26. The fourth-order valence-corrected chi connectivity index (χ4v) is 2.22. The summed E-state index contributed by atoms with van der Waals surface area (Å²) in [4.78, 5) is 17.6. The number of piperazine rings is 1. The van der Waals surface area contributed by atoms with E-state index in [9.17, 15) is 4.79 Å². The molecule has 0 aromatic carbocycles. The van der Waals surface area contributed by atoms with Crippen LogP contribution in [0.4, 0.5) is 5.82 Å². The van der Waals surface area contributed by atoms with Crippen molar-refractivity contribution in [1.82, 2.24) is 19.9 Å².